The van der Waals surface area contributed by atoms with Crippen LogP contribution in [0.1, 0.15) is 58.9 Å². The van der Waals surface area contributed by atoms with E-state index in [-0.39, 0.29) is 34.1 Å². The van der Waals surface area contributed by atoms with Crippen LogP contribution in [0.5, 0.6) is 5.75 Å². The molecule has 6 aliphatic rings. The molecule has 0 heterocycles. The van der Waals surface area contributed by atoms with Gasteiger partial charge in [0.05, 0.1) is 14.2 Å². The van der Waals surface area contributed by atoms with Crippen molar-refractivity contribution in [2.75, 3.05) is 14.2 Å². The molecular formula is C55H30O3. The SMILES string of the molecule is COC(=O)CCCC1(c2ccc(OC)cc2)C23C4=CC=CC5c6ccc7c8ccc9c%10ccc%11c%12c%13c(c2c2c%14c(c6c7c6c8c9c7c%10c%11c%13c2c7c%146)C513)C4C=CC=%12. The molecule has 5 unspecified atom stereocenters. The average Bonchev–Trinajstić information content (AvgIpc) is 3.81. The van der Waals surface area contributed by atoms with Crippen molar-refractivity contribution in [3.05, 3.63) is 130 Å². The molecule has 0 bridgehead atoms. The van der Waals surface area contributed by atoms with Crippen molar-refractivity contribution >= 4 is 120 Å². The van der Waals surface area contributed by atoms with E-state index in [4.69, 9.17) is 9.47 Å². The Kier molecular flexibility index (Phi) is 3.81. The van der Waals surface area contributed by atoms with Crippen molar-refractivity contribution in [2.45, 2.75) is 47.3 Å². The zero-order valence-electron chi connectivity index (χ0n) is 31.7. The highest BCUT2D eigenvalue weighted by Crippen LogP contribution is 2.95. The molecule has 6 aliphatic carbocycles. The highest BCUT2D eigenvalue weighted by Gasteiger charge is 2.94. The molecule has 268 valence electrons. The van der Waals surface area contributed by atoms with E-state index in [1.807, 2.05) is 0 Å². The standard InChI is InChI=1S/C55H30O3/c1-57-23-13-11-22(12-14-23)53(21-5-10-34(56)58-2)54-32-8-4-9-33-31-20-19-29-28-18-17-27-26-16-15-25-24-6-3-7-30(32)41-39(24)44-35(25)36(26)43-37(27)38(28)45-40(29)42(31)52(55(33,53)54)50-48(45)46(43)47(44)49(50)51(41)54/h3-4,6-9,11-20,30,33H,5,10,21H2,1-2H3. The van der Waals surface area contributed by atoms with Gasteiger partial charge in [0.25, 0.3) is 0 Å². The number of hydrogen-bond donors (Lipinski definition) is 0. The number of hydrogen-bond acceptors (Lipinski definition) is 3. The van der Waals surface area contributed by atoms with Gasteiger partial charge in [-0.3, -0.25) is 4.79 Å². The molecule has 0 radical (unpaired) electrons. The van der Waals surface area contributed by atoms with Crippen molar-refractivity contribution in [3.8, 4) is 5.75 Å². The second-order valence-corrected chi connectivity index (χ2v) is 18.9. The van der Waals surface area contributed by atoms with Gasteiger partial charge in [-0.1, -0.05) is 85.0 Å². The summed E-state index contributed by atoms with van der Waals surface area (Å²) in [6.07, 6.45) is 17.1. The van der Waals surface area contributed by atoms with Crippen LogP contribution in [0.3, 0.4) is 0 Å². The van der Waals surface area contributed by atoms with E-state index in [1.54, 1.807) is 40.1 Å². The third-order valence-corrected chi connectivity index (χ3v) is 18.0. The van der Waals surface area contributed by atoms with E-state index in [2.05, 4.69) is 97.1 Å². The van der Waals surface area contributed by atoms with Crippen molar-refractivity contribution in [1.29, 1.82) is 0 Å². The maximum absolute atomic E-state index is 13.1. The van der Waals surface area contributed by atoms with Crippen molar-refractivity contribution < 1.29 is 14.3 Å². The fourth-order valence-corrected chi connectivity index (χ4v) is 17.0. The molecule has 3 heteroatoms. The van der Waals surface area contributed by atoms with Gasteiger partial charge in [-0.15, -0.1) is 0 Å². The molecule has 12 aromatic carbocycles. The summed E-state index contributed by atoms with van der Waals surface area (Å²) in [5.74, 6) is 1.07. The van der Waals surface area contributed by atoms with E-state index >= 15 is 0 Å². The molecule has 0 amide bonds. The van der Waals surface area contributed by atoms with Crippen LogP contribution in [-0.4, -0.2) is 20.2 Å². The maximum atomic E-state index is 13.1. The summed E-state index contributed by atoms with van der Waals surface area (Å²) in [6.45, 7) is 0. The van der Waals surface area contributed by atoms with Gasteiger partial charge in [-0.25, -0.2) is 0 Å². The van der Waals surface area contributed by atoms with Gasteiger partial charge in [-0.05, 0) is 171 Å². The second kappa shape index (κ2) is 7.87. The number of carbonyl (C=O) groups excluding carboxylic acids is 1. The third kappa shape index (κ3) is 2.09. The zero-order valence-corrected chi connectivity index (χ0v) is 31.7. The smallest absolute Gasteiger partial charge is 0.305 e. The van der Waals surface area contributed by atoms with Gasteiger partial charge in [0.15, 0.2) is 0 Å². The lowest BCUT2D eigenvalue weighted by atomic mass is 9.70. The van der Waals surface area contributed by atoms with Crippen molar-refractivity contribution in [1.82, 2.24) is 0 Å². The molecule has 0 N–H and O–H groups in total. The van der Waals surface area contributed by atoms with Gasteiger partial charge in [-0.2, -0.15) is 0 Å². The highest BCUT2D eigenvalue weighted by molar-refractivity contribution is 6.62. The maximum Gasteiger partial charge on any atom is 0.305 e. The first kappa shape index (κ1) is 28.0. The Morgan fingerprint density at radius 1 is 0.603 bits per heavy atom. The average molecular weight is 739 g/mol. The van der Waals surface area contributed by atoms with Gasteiger partial charge in [0.1, 0.15) is 5.75 Å². The second-order valence-electron chi connectivity index (χ2n) is 18.9. The summed E-state index contributed by atoms with van der Waals surface area (Å²) in [7, 11) is 3.30. The lowest BCUT2D eigenvalue weighted by Crippen LogP contribution is -2.27. The number of rotatable bonds is 6. The van der Waals surface area contributed by atoms with Crippen LogP contribution < -0.4 is 9.96 Å². The molecule has 2 spiro atoms. The molecule has 12 aromatic rings. The van der Waals surface area contributed by atoms with Crippen LogP contribution in [0, 0.1) is 0 Å². The summed E-state index contributed by atoms with van der Waals surface area (Å²) < 4.78 is 11.2. The number of benzene rings is 8. The number of methoxy groups -OCH3 is 2. The highest BCUT2D eigenvalue weighted by atomic mass is 16.5. The molecule has 0 aromatic heterocycles. The molecule has 58 heavy (non-hydrogen) atoms. The van der Waals surface area contributed by atoms with E-state index in [0.29, 0.717) is 6.42 Å². The molecule has 0 saturated heterocycles. The normalized spacial score (nSPS) is 27.0. The largest absolute Gasteiger partial charge is 0.497 e. The van der Waals surface area contributed by atoms with Crippen LogP contribution in [0.25, 0.3) is 114 Å². The predicted octanol–water partition coefficient (Wildman–Crippen LogP) is 11.8. The Morgan fingerprint density at radius 2 is 1.21 bits per heavy atom. The van der Waals surface area contributed by atoms with E-state index < -0.39 is 0 Å². The van der Waals surface area contributed by atoms with Crippen molar-refractivity contribution in [3.63, 3.8) is 0 Å². The number of ether oxygens (including phenoxy) is 2. The van der Waals surface area contributed by atoms with Crippen LogP contribution >= 0.6 is 0 Å². The summed E-state index contributed by atoms with van der Waals surface area (Å²) in [6, 6.07) is 24.1. The van der Waals surface area contributed by atoms with Gasteiger partial charge in [0, 0.05) is 34.5 Å². The number of allylic oxidation sites excluding steroid dienone is 6. The number of fused-ring (bicyclic) bond motifs is 5. The fourth-order valence-electron chi connectivity index (χ4n) is 17.0. The minimum atomic E-state index is -0.326. The lowest BCUT2D eigenvalue weighted by molar-refractivity contribution is -0.140. The van der Waals surface area contributed by atoms with Crippen LogP contribution in [0.2, 0.25) is 0 Å². The monoisotopic (exact) mass is 738 g/mol. The first-order chi connectivity index (χ1) is 28.6. The van der Waals surface area contributed by atoms with Crippen LogP contribution in [0.4, 0.5) is 0 Å². The molecule has 5 atom stereocenters. The molecule has 1 fully saturated rings. The van der Waals surface area contributed by atoms with Gasteiger partial charge < -0.3 is 9.47 Å². The summed E-state index contributed by atoms with van der Waals surface area (Å²) in [5.41, 5.74) is 8.27. The molecule has 3 nitrogen and oxygen atoms in total. The van der Waals surface area contributed by atoms with E-state index in [0.717, 1.165) is 18.6 Å². The van der Waals surface area contributed by atoms with Crippen molar-refractivity contribution in [2.24, 2.45) is 0 Å². The first-order valence-corrected chi connectivity index (χ1v) is 21.2. The quantitative estimate of drug-likeness (QED) is 0.126. The van der Waals surface area contributed by atoms with E-state index in [9.17, 15) is 4.79 Å². The Labute approximate surface area is 329 Å². The van der Waals surface area contributed by atoms with Gasteiger partial charge in [0.2, 0.25) is 0 Å². The molecule has 1 saturated carbocycles. The third-order valence-electron chi connectivity index (χ3n) is 18.0. The van der Waals surface area contributed by atoms with Gasteiger partial charge >= 0.3 is 5.97 Å². The zero-order chi connectivity index (χ0) is 37.2. The molecule has 0 aliphatic heterocycles. The Balaban J connectivity index is 1.20. The molecular weight excluding hydrogens is 709 g/mol. The minimum absolute atomic E-state index is 0.125. The number of esters is 1. The fraction of sp³-hybridized carbons (Fsp3) is 0.182. The van der Waals surface area contributed by atoms with Crippen LogP contribution in [0.15, 0.2) is 96.6 Å². The summed E-state index contributed by atoms with van der Waals surface area (Å²) in [5, 5.41) is 31.2. The topological polar surface area (TPSA) is 35.5 Å². The molecule has 18 rings (SSSR count). The number of carbonyl (C=O) groups is 1. The summed E-state index contributed by atoms with van der Waals surface area (Å²) >= 11 is 0. The minimum Gasteiger partial charge on any atom is -0.497 e. The Hall–Kier alpha value is -6.45. The Bertz CT molecular complexity index is 4160. The lowest BCUT2D eigenvalue weighted by Gasteiger charge is -2.30. The summed E-state index contributed by atoms with van der Waals surface area (Å²) in [4.78, 5) is 13.1. The van der Waals surface area contributed by atoms with E-state index in [1.165, 1.54) is 120 Å². The predicted molar refractivity (Wildman–Crippen MR) is 235 cm³/mol. The Morgan fingerprint density at radius 3 is 1.93 bits per heavy atom. The van der Waals surface area contributed by atoms with Crippen LogP contribution in [-0.2, 0) is 25.8 Å². The first-order valence-electron chi connectivity index (χ1n) is 21.2.